The average Bonchev–Trinajstić information content (AvgIpc) is 3.19. The standard InChI is InChI=1S/C14H15FN4O2S/c15-10-5-3-9(4-6-10)12(11-2-1-7-21-11)17-13(20)18-14-19-16-8-22-14/h3-6,8,11-12H,1-2,7H2,(H2,17,18,19,20)/t11-,12-/m1/s1. The van der Waals surface area contributed by atoms with Gasteiger partial charge in [-0.15, -0.1) is 10.2 Å². The van der Waals surface area contributed by atoms with Gasteiger partial charge in [0.05, 0.1) is 12.1 Å². The van der Waals surface area contributed by atoms with E-state index in [2.05, 4.69) is 20.8 Å². The lowest BCUT2D eigenvalue weighted by Crippen LogP contribution is -2.38. The second-order valence-corrected chi connectivity index (χ2v) is 5.76. The third-order valence-electron chi connectivity index (χ3n) is 3.43. The molecule has 116 valence electrons. The molecule has 0 saturated carbocycles. The van der Waals surface area contributed by atoms with Gasteiger partial charge < -0.3 is 10.1 Å². The van der Waals surface area contributed by atoms with Crippen molar-refractivity contribution in [1.29, 1.82) is 0 Å². The molecule has 2 amide bonds. The maximum Gasteiger partial charge on any atom is 0.321 e. The van der Waals surface area contributed by atoms with Crippen LogP contribution < -0.4 is 10.6 Å². The molecule has 1 saturated heterocycles. The van der Waals surface area contributed by atoms with Crippen LogP contribution in [-0.4, -0.2) is 28.9 Å². The van der Waals surface area contributed by atoms with Gasteiger partial charge in [0.2, 0.25) is 5.13 Å². The largest absolute Gasteiger partial charge is 0.376 e. The van der Waals surface area contributed by atoms with E-state index in [1.54, 1.807) is 12.1 Å². The smallest absolute Gasteiger partial charge is 0.321 e. The average molecular weight is 322 g/mol. The van der Waals surface area contributed by atoms with Gasteiger partial charge in [-0.3, -0.25) is 5.32 Å². The number of amides is 2. The van der Waals surface area contributed by atoms with E-state index in [0.717, 1.165) is 18.4 Å². The SMILES string of the molecule is O=C(Nc1nncs1)N[C@H](c1ccc(F)cc1)[C@H]1CCCO1. The molecule has 0 radical (unpaired) electrons. The number of hydrogen-bond acceptors (Lipinski definition) is 5. The molecule has 1 fully saturated rings. The predicted molar refractivity (Wildman–Crippen MR) is 80.2 cm³/mol. The zero-order valence-corrected chi connectivity index (χ0v) is 12.5. The number of carbonyl (C=O) groups is 1. The van der Waals surface area contributed by atoms with Crippen molar-refractivity contribution >= 4 is 22.5 Å². The number of anilines is 1. The van der Waals surface area contributed by atoms with Gasteiger partial charge in [-0.1, -0.05) is 23.5 Å². The van der Waals surface area contributed by atoms with Gasteiger partial charge >= 0.3 is 6.03 Å². The zero-order chi connectivity index (χ0) is 15.4. The number of urea groups is 1. The summed E-state index contributed by atoms with van der Waals surface area (Å²) < 4.78 is 18.8. The molecule has 0 spiro atoms. The molecule has 22 heavy (non-hydrogen) atoms. The van der Waals surface area contributed by atoms with Crippen molar-refractivity contribution in [2.75, 3.05) is 11.9 Å². The lowest BCUT2D eigenvalue weighted by molar-refractivity contribution is 0.0815. The Hall–Kier alpha value is -2.06. The number of nitrogens with zero attached hydrogens (tertiary/aromatic N) is 2. The quantitative estimate of drug-likeness (QED) is 0.907. The predicted octanol–water partition coefficient (Wildman–Crippen LogP) is 2.72. The first kappa shape index (κ1) is 14.9. The maximum atomic E-state index is 13.1. The van der Waals surface area contributed by atoms with Crippen molar-refractivity contribution in [3.8, 4) is 0 Å². The highest BCUT2D eigenvalue weighted by atomic mass is 32.1. The van der Waals surface area contributed by atoms with E-state index in [1.807, 2.05) is 0 Å². The Balaban J connectivity index is 1.73. The molecule has 0 bridgehead atoms. The van der Waals surface area contributed by atoms with Gasteiger partial charge in [0, 0.05) is 6.61 Å². The Kier molecular flexibility index (Phi) is 4.59. The lowest BCUT2D eigenvalue weighted by Gasteiger charge is -2.24. The molecule has 2 heterocycles. The third-order valence-corrected chi connectivity index (χ3v) is 4.04. The zero-order valence-electron chi connectivity index (χ0n) is 11.7. The molecule has 2 atom stereocenters. The van der Waals surface area contributed by atoms with Crippen LogP contribution in [0.5, 0.6) is 0 Å². The summed E-state index contributed by atoms with van der Waals surface area (Å²) in [6.07, 6.45) is 1.68. The van der Waals surface area contributed by atoms with Crippen molar-refractivity contribution in [2.24, 2.45) is 0 Å². The fourth-order valence-electron chi connectivity index (χ4n) is 2.43. The van der Waals surface area contributed by atoms with Crippen LogP contribution in [0.3, 0.4) is 0 Å². The highest BCUT2D eigenvalue weighted by Crippen LogP contribution is 2.27. The number of hydrogen-bond donors (Lipinski definition) is 2. The van der Waals surface area contributed by atoms with E-state index in [4.69, 9.17) is 4.74 Å². The second-order valence-electron chi connectivity index (χ2n) is 4.92. The van der Waals surface area contributed by atoms with E-state index in [-0.39, 0.29) is 24.0 Å². The van der Waals surface area contributed by atoms with Gasteiger partial charge in [0.25, 0.3) is 0 Å². The Morgan fingerprint density at radius 3 is 2.86 bits per heavy atom. The normalized spacial score (nSPS) is 18.9. The molecule has 1 aromatic heterocycles. The number of nitrogens with one attached hydrogen (secondary N) is 2. The van der Waals surface area contributed by atoms with E-state index < -0.39 is 0 Å². The summed E-state index contributed by atoms with van der Waals surface area (Å²) >= 11 is 1.23. The summed E-state index contributed by atoms with van der Waals surface area (Å²) in [6.45, 7) is 0.669. The Morgan fingerprint density at radius 1 is 1.41 bits per heavy atom. The number of benzene rings is 1. The molecule has 1 aromatic carbocycles. The Labute approximate surface area is 130 Å². The molecule has 2 N–H and O–H groups in total. The Bertz CT molecular complexity index is 614. The van der Waals surface area contributed by atoms with Gasteiger partial charge in [-0.05, 0) is 30.5 Å². The first-order chi connectivity index (χ1) is 10.7. The third kappa shape index (κ3) is 3.58. The van der Waals surface area contributed by atoms with Gasteiger partial charge in [-0.2, -0.15) is 0 Å². The van der Waals surface area contributed by atoms with Gasteiger partial charge in [0.15, 0.2) is 0 Å². The van der Waals surface area contributed by atoms with Crippen LogP contribution >= 0.6 is 11.3 Å². The summed E-state index contributed by atoms with van der Waals surface area (Å²) in [7, 11) is 0. The van der Waals surface area contributed by atoms with Gasteiger partial charge in [-0.25, -0.2) is 9.18 Å². The number of aromatic nitrogens is 2. The number of ether oxygens (including phenoxy) is 1. The molecule has 1 aliphatic rings. The van der Waals surface area contributed by atoms with E-state index in [1.165, 1.54) is 29.0 Å². The molecule has 1 aliphatic heterocycles. The van der Waals surface area contributed by atoms with Crippen LogP contribution in [0.1, 0.15) is 24.4 Å². The summed E-state index contributed by atoms with van der Waals surface area (Å²) in [5.41, 5.74) is 2.34. The molecular weight excluding hydrogens is 307 g/mol. The molecule has 8 heteroatoms. The van der Waals surface area contributed by atoms with Crippen molar-refractivity contribution in [3.05, 3.63) is 41.2 Å². The van der Waals surface area contributed by atoms with Crippen LogP contribution in [0.25, 0.3) is 0 Å². The summed E-state index contributed by atoms with van der Waals surface area (Å²) in [5.74, 6) is -0.312. The fraction of sp³-hybridized carbons (Fsp3) is 0.357. The monoisotopic (exact) mass is 322 g/mol. The lowest BCUT2D eigenvalue weighted by atomic mass is 9.99. The molecule has 6 nitrogen and oxygen atoms in total. The van der Waals surface area contributed by atoms with E-state index >= 15 is 0 Å². The number of halogens is 1. The minimum atomic E-state index is -0.387. The van der Waals surface area contributed by atoms with Gasteiger partial charge in [0.1, 0.15) is 11.3 Å². The minimum Gasteiger partial charge on any atom is -0.376 e. The van der Waals surface area contributed by atoms with Crippen molar-refractivity contribution in [1.82, 2.24) is 15.5 Å². The van der Waals surface area contributed by atoms with Crippen molar-refractivity contribution < 1.29 is 13.9 Å². The first-order valence-corrected chi connectivity index (χ1v) is 7.81. The summed E-state index contributed by atoms with van der Waals surface area (Å²) in [5, 5.41) is 13.3. The van der Waals surface area contributed by atoms with Crippen LogP contribution in [0.15, 0.2) is 29.8 Å². The van der Waals surface area contributed by atoms with Crippen LogP contribution in [0, 0.1) is 5.82 Å². The second kappa shape index (κ2) is 6.80. The van der Waals surface area contributed by atoms with Crippen molar-refractivity contribution in [2.45, 2.75) is 25.0 Å². The highest BCUT2D eigenvalue weighted by Gasteiger charge is 2.29. The van der Waals surface area contributed by atoms with Crippen LogP contribution in [0.4, 0.5) is 14.3 Å². The topological polar surface area (TPSA) is 76.1 Å². The maximum absolute atomic E-state index is 13.1. The highest BCUT2D eigenvalue weighted by molar-refractivity contribution is 7.13. The summed E-state index contributed by atoms with van der Waals surface area (Å²) in [4.78, 5) is 12.1. The van der Waals surface area contributed by atoms with E-state index in [9.17, 15) is 9.18 Å². The number of carbonyl (C=O) groups excluding carboxylic acids is 1. The molecule has 0 aliphatic carbocycles. The van der Waals surface area contributed by atoms with Crippen LogP contribution in [-0.2, 0) is 4.74 Å². The first-order valence-electron chi connectivity index (χ1n) is 6.93. The fourth-order valence-corrected chi connectivity index (χ4v) is 2.87. The van der Waals surface area contributed by atoms with Crippen molar-refractivity contribution in [3.63, 3.8) is 0 Å². The minimum absolute atomic E-state index is 0.120. The van der Waals surface area contributed by atoms with E-state index in [0.29, 0.717) is 11.7 Å². The molecule has 3 rings (SSSR count). The molecule has 0 unspecified atom stereocenters. The molecule has 2 aromatic rings. The summed E-state index contributed by atoms with van der Waals surface area (Å²) in [6, 6.07) is 5.35. The van der Waals surface area contributed by atoms with Crippen LogP contribution in [0.2, 0.25) is 0 Å². The molecular formula is C14H15FN4O2S. The number of rotatable bonds is 4. The Morgan fingerprint density at radius 2 is 2.23 bits per heavy atom.